The summed E-state index contributed by atoms with van der Waals surface area (Å²) >= 11 is -104. The molecule has 56 heteroatoms. The van der Waals surface area contributed by atoms with Crippen LogP contribution in [0.2, 0.25) is 0 Å². The zero-order chi connectivity index (χ0) is 45.3. The summed E-state index contributed by atoms with van der Waals surface area (Å²) in [6.07, 6.45) is 0. The van der Waals surface area contributed by atoms with E-state index >= 15 is 0 Å². The van der Waals surface area contributed by atoms with E-state index in [1.54, 1.807) is 0 Å². The van der Waals surface area contributed by atoms with Crippen molar-refractivity contribution in [1.29, 1.82) is 0 Å². The molecule has 42 nitrogen and oxygen atoms in total. The van der Waals surface area contributed by atoms with Gasteiger partial charge >= 0.3 is 355 Å². The van der Waals surface area contributed by atoms with Crippen LogP contribution < -0.4 is 0 Å². The third-order valence-corrected chi connectivity index (χ3v) is 66.1. The van der Waals surface area contributed by atoms with Gasteiger partial charge < -0.3 is 0 Å². The van der Waals surface area contributed by atoms with Gasteiger partial charge in [-0.15, -0.1) is 0 Å². The summed E-state index contributed by atoms with van der Waals surface area (Å²) in [6, 6.07) is 0. The molecule has 0 aliphatic heterocycles. The molecule has 0 fully saturated rings. The van der Waals surface area contributed by atoms with Gasteiger partial charge in [-0.25, -0.2) is 0 Å². The molecule has 0 spiro atoms. The first-order valence-electron chi connectivity index (χ1n) is 9.31. The topological polar surface area (TPSA) is 621 Å². The molecule has 336 valence electrons. The van der Waals surface area contributed by atoms with E-state index in [0.717, 1.165) is 0 Å². The van der Waals surface area contributed by atoms with Crippen molar-refractivity contribution < 1.29 is 348 Å². The Morgan fingerprint density at radius 1 is 0.304 bits per heavy atom. The second-order valence-corrected chi connectivity index (χ2v) is 58.7. The summed E-state index contributed by atoms with van der Waals surface area (Å²) < 4.78 is 366. The molecule has 0 atom stereocenters. The quantitative estimate of drug-likeness (QED) is 0.0610. The standard InChI is InChI=1S/12Mo.H3O4P.2H2O.36O.V/c;;;;;;;;;;;;1-5(2,3)4;;;;;;;;;;;;;;;;;;;;;;;;;;;;;;;;;;;;;;;/h;;;;;;;;;;;;(H3,1,2,3,4);2*1H2;;;;;;;;;;;;;;;;;;;;;;;;;;;;;;;;;;;;;/q;;;;;;;5*+1;;;;;;;;;;;;;;;;;;;;;;;;;;;;;;;;;;;;;;;;/p-5. The van der Waals surface area contributed by atoms with E-state index < -0.39 is 224 Å². The van der Waals surface area contributed by atoms with E-state index in [4.69, 9.17) is 7.52 Å². The summed E-state index contributed by atoms with van der Waals surface area (Å²) in [5, 5.41) is 0. The van der Waals surface area contributed by atoms with Crippen molar-refractivity contribution in [2.24, 2.45) is 0 Å². The van der Waals surface area contributed by atoms with Gasteiger partial charge in [-0.3, -0.25) is 0 Å². The van der Waals surface area contributed by atoms with Crippen molar-refractivity contribution in [1.82, 2.24) is 0 Å². The molecule has 0 saturated heterocycles. The van der Waals surface area contributed by atoms with Crippen molar-refractivity contribution >= 4 is 7.82 Å². The fourth-order valence-corrected chi connectivity index (χ4v) is 63.9. The van der Waals surface area contributed by atoms with Crippen molar-refractivity contribution in [2.75, 3.05) is 0 Å². The molecule has 0 amide bonds. The van der Waals surface area contributed by atoms with E-state index in [0.29, 0.717) is 0 Å². The van der Waals surface area contributed by atoms with Gasteiger partial charge in [0.15, 0.2) is 0 Å². The van der Waals surface area contributed by atoms with Gasteiger partial charge in [0.2, 0.25) is 0 Å². The number of hydrogen-bond acceptors (Lipinski definition) is 40. The monoisotopic (exact) mass is 1930 g/mol. The maximum atomic E-state index is 12.8. The van der Waals surface area contributed by atoms with E-state index in [1.165, 1.54) is 0 Å². The van der Waals surface area contributed by atoms with Crippen molar-refractivity contribution in [3.8, 4) is 0 Å². The van der Waals surface area contributed by atoms with Gasteiger partial charge in [0.05, 0.1) is 0 Å². The molecule has 0 aromatic heterocycles. The van der Waals surface area contributed by atoms with Crippen molar-refractivity contribution in [3.05, 3.63) is 0 Å². The Hall–Kier alpha value is 3.27. The van der Waals surface area contributed by atoms with Crippen LogP contribution >= 0.6 is 7.82 Å². The molecule has 0 bridgehead atoms. The molecule has 56 heavy (non-hydrogen) atoms. The molecule has 0 heterocycles. The van der Waals surface area contributed by atoms with Crippen LogP contribution in [0.4, 0.5) is 0 Å². The fraction of sp³-hybridized carbons (Fsp3) is 0. The molecule has 0 aliphatic carbocycles. The van der Waals surface area contributed by atoms with Gasteiger partial charge in [-0.05, 0) is 0 Å². The van der Waals surface area contributed by atoms with Crippen LogP contribution in [0, 0.1) is 0 Å². The second kappa shape index (κ2) is 20.2. The van der Waals surface area contributed by atoms with Crippen molar-refractivity contribution in [3.63, 3.8) is 0 Å². The van der Waals surface area contributed by atoms with Gasteiger partial charge in [-0.1, -0.05) is 0 Å². The predicted octanol–water partition coefficient (Wildman–Crippen LogP) is -4.38. The van der Waals surface area contributed by atoms with Crippen LogP contribution in [-0.4, -0.2) is 7.52 Å². The van der Waals surface area contributed by atoms with Gasteiger partial charge in [0.25, 0.3) is 0 Å². The maximum absolute atomic E-state index is 12.8. The number of phosphoric acid groups is 1. The molecule has 2 N–H and O–H groups in total. The average Bonchev–Trinajstić information content (AvgIpc) is 2.64. The summed E-state index contributed by atoms with van der Waals surface area (Å²) in [5.41, 5.74) is 0. The Morgan fingerprint density at radius 3 is 0.679 bits per heavy atom. The van der Waals surface area contributed by atoms with Crippen molar-refractivity contribution in [2.45, 2.75) is 0 Å². The Morgan fingerprint density at radius 2 is 0.482 bits per heavy atom. The minimum absolute atomic E-state index is 2.85. The SMILES string of the molecule is [O]=[V](=[O])[O][Mo](=[O])(=[O])[O][Mo](=[O])(=[O])[O][Mo](=[O])(=[O])[O][Mo](=[O])(=[O])[O]P(=O)([O][Mo](=[O])(=[O])[O][Mo](=[O])(=[O])[O][Mo](=[O])(=[O])[O][Mo](=[O])(=[O])[OH])[O][Mo](=[O])(=[O])[O][Mo](=[O])(=[O])[O][Mo](=[O])(=[O])[O][Mo](=[O])(=[O])[OH]. The molecular weight excluding hydrogens is 1910 g/mol. The zero-order valence-electron chi connectivity index (χ0n) is 23.0. The molecule has 0 rings (SSSR count). The first kappa shape index (κ1) is 59.3. The fourth-order valence-electron chi connectivity index (χ4n) is 1.49. The first-order valence-corrected chi connectivity index (χ1v) is 52.0. The van der Waals surface area contributed by atoms with Gasteiger partial charge in [0, 0.05) is 0 Å². The summed E-state index contributed by atoms with van der Waals surface area (Å²) in [7, 11) is -7.97. The van der Waals surface area contributed by atoms with Gasteiger partial charge in [0.1, 0.15) is 0 Å². The van der Waals surface area contributed by atoms with E-state index in [2.05, 4.69) is 30.2 Å². The molecule has 0 aliphatic rings. The number of hydrogen-bond donors (Lipinski definition) is 2. The molecule has 0 radical (unpaired) electrons. The second-order valence-electron chi connectivity index (χ2n) is 6.52. The number of rotatable bonds is 26. The van der Waals surface area contributed by atoms with Crippen LogP contribution in [0.25, 0.3) is 0 Å². The third kappa shape index (κ3) is 28.1. The molecular formula is H2Mo12O42PV. The molecule has 0 aromatic rings. The zero-order valence-corrected chi connectivity index (χ0v) is 49.4. The van der Waals surface area contributed by atoms with Crippen LogP contribution in [0.1, 0.15) is 0 Å². The third-order valence-electron chi connectivity index (χ3n) is 2.21. The molecule has 0 saturated carbocycles. The average molecular weight is 1910 g/mol. The Bertz CT molecular complexity index is 2880. The Kier molecular flexibility index (Phi) is 21.4. The Balaban J connectivity index is 7.05. The van der Waals surface area contributed by atoms with Crippen LogP contribution in [0.3, 0.4) is 0 Å². The first-order chi connectivity index (χ1) is 23.9. The molecule has 0 unspecified atom stereocenters. The van der Waals surface area contributed by atoms with E-state index in [1.807, 2.05) is 0 Å². The van der Waals surface area contributed by atoms with Crippen LogP contribution in [0.5, 0.6) is 0 Å². The predicted molar refractivity (Wildman–Crippen MR) is 44.0 cm³/mol. The minimum atomic E-state index is -8.89. The molecule has 0 aromatic carbocycles. The summed E-state index contributed by atoms with van der Waals surface area (Å²) in [4.78, 5) is 0. The Labute approximate surface area is 348 Å². The van der Waals surface area contributed by atoms with E-state index in [-0.39, 0.29) is 0 Å². The van der Waals surface area contributed by atoms with Gasteiger partial charge in [-0.2, -0.15) is 0 Å². The normalized spacial score (nSPS) is 15.3. The van der Waals surface area contributed by atoms with E-state index in [9.17, 15) is 93.5 Å². The summed E-state index contributed by atoms with van der Waals surface area (Å²) in [6.45, 7) is 0. The van der Waals surface area contributed by atoms with Crippen LogP contribution in [-0.2, 0) is 340 Å². The summed E-state index contributed by atoms with van der Waals surface area (Å²) in [5.74, 6) is 0. The van der Waals surface area contributed by atoms with Crippen LogP contribution in [0.15, 0.2) is 0 Å².